The SMILES string of the molecule is O=C([O-])C(O)c1ccccc1.OC(c1ccccc1)(c1ccccc1)C12CC[N+](CCOCc3ccccc3)(CC1)CC2. The maximum atomic E-state index is 12.4. The fourth-order valence-electron chi connectivity index (χ4n) is 6.87. The lowest BCUT2D eigenvalue weighted by molar-refractivity contribution is -0.946. The molecule has 0 radical (unpaired) electrons. The molecule has 0 amide bonds. The first-order chi connectivity index (χ1) is 20.9. The number of hydrogen-bond donors (Lipinski definition) is 2. The Morgan fingerprint density at radius 3 is 1.67 bits per heavy atom. The van der Waals surface area contributed by atoms with E-state index in [-0.39, 0.29) is 5.41 Å². The summed E-state index contributed by atoms with van der Waals surface area (Å²) >= 11 is 0. The van der Waals surface area contributed by atoms with Gasteiger partial charge in [0.2, 0.25) is 0 Å². The van der Waals surface area contributed by atoms with E-state index < -0.39 is 17.7 Å². The van der Waals surface area contributed by atoms with Gasteiger partial charge in [-0.1, -0.05) is 121 Å². The Labute approximate surface area is 254 Å². The Morgan fingerprint density at radius 2 is 1.21 bits per heavy atom. The van der Waals surface area contributed by atoms with Crippen LogP contribution in [0.15, 0.2) is 121 Å². The maximum absolute atomic E-state index is 12.4. The predicted octanol–water partition coefficient (Wildman–Crippen LogP) is 4.61. The van der Waals surface area contributed by atoms with E-state index >= 15 is 0 Å². The Morgan fingerprint density at radius 1 is 0.767 bits per heavy atom. The summed E-state index contributed by atoms with van der Waals surface area (Å²) < 4.78 is 7.17. The number of carbonyl (C=O) groups is 1. The van der Waals surface area contributed by atoms with Gasteiger partial charge in [0.25, 0.3) is 0 Å². The third kappa shape index (κ3) is 6.73. The molecule has 4 aromatic rings. The number of fused-ring (bicyclic) bond motifs is 3. The number of quaternary nitrogens is 1. The molecule has 3 fully saturated rings. The lowest BCUT2D eigenvalue weighted by Crippen LogP contribution is -2.67. The highest BCUT2D eigenvalue weighted by molar-refractivity contribution is 5.71. The number of carboxylic acid groups (broad SMARTS) is 1. The molecule has 43 heavy (non-hydrogen) atoms. The number of aliphatic hydroxyl groups is 2. The van der Waals surface area contributed by atoms with E-state index in [1.165, 1.54) is 17.7 Å². The average molecular weight is 580 g/mol. The molecule has 6 heteroatoms. The number of carbonyl (C=O) groups excluding carboxylic acids is 1. The highest BCUT2D eigenvalue weighted by atomic mass is 16.5. The summed E-state index contributed by atoms with van der Waals surface area (Å²) in [7, 11) is 0. The number of piperidine rings is 3. The van der Waals surface area contributed by atoms with E-state index in [2.05, 4.69) is 72.8 Å². The molecule has 0 aromatic heterocycles. The average Bonchev–Trinajstić information content (AvgIpc) is 3.08. The van der Waals surface area contributed by atoms with Crippen LogP contribution in [0.2, 0.25) is 0 Å². The minimum atomic E-state index is -1.52. The van der Waals surface area contributed by atoms with E-state index in [0.29, 0.717) is 12.2 Å². The Kier molecular flexibility index (Phi) is 9.73. The van der Waals surface area contributed by atoms with Crippen LogP contribution < -0.4 is 5.11 Å². The molecule has 7 rings (SSSR count). The molecule has 0 aliphatic carbocycles. The van der Waals surface area contributed by atoms with Gasteiger partial charge < -0.3 is 29.3 Å². The van der Waals surface area contributed by atoms with Crippen molar-refractivity contribution >= 4 is 5.97 Å². The van der Waals surface area contributed by atoms with Crippen LogP contribution in [-0.4, -0.2) is 53.5 Å². The second kappa shape index (κ2) is 13.7. The van der Waals surface area contributed by atoms with Crippen LogP contribution in [0.25, 0.3) is 0 Å². The van der Waals surface area contributed by atoms with Crippen LogP contribution in [0.3, 0.4) is 0 Å². The molecule has 1 unspecified atom stereocenters. The zero-order chi connectivity index (χ0) is 30.2. The number of aliphatic hydroxyl groups excluding tert-OH is 1. The molecule has 0 spiro atoms. The van der Waals surface area contributed by atoms with Crippen molar-refractivity contribution in [3.05, 3.63) is 144 Å². The largest absolute Gasteiger partial charge is 0.547 e. The van der Waals surface area contributed by atoms with Crippen LogP contribution in [0.1, 0.15) is 47.6 Å². The van der Waals surface area contributed by atoms with Crippen LogP contribution in [0.5, 0.6) is 0 Å². The molecule has 3 aliphatic heterocycles. The topological polar surface area (TPSA) is 89.8 Å². The zero-order valence-electron chi connectivity index (χ0n) is 24.6. The maximum Gasteiger partial charge on any atom is 0.121 e. The Hall–Kier alpha value is -3.81. The van der Waals surface area contributed by atoms with E-state index in [1.807, 2.05) is 18.2 Å². The van der Waals surface area contributed by atoms with Gasteiger partial charge in [0.05, 0.1) is 38.8 Å². The number of nitrogens with zero attached hydrogens (tertiary/aromatic N) is 1. The lowest BCUT2D eigenvalue weighted by Gasteiger charge is -2.60. The van der Waals surface area contributed by atoms with Gasteiger partial charge in [-0.3, -0.25) is 0 Å². The fraction of sp³-hybridized carbons (Fsp3) is 0.324. The van der Waals surface area contributed by atoms with E-state index in [9.17, 15) is 15.0 Å². The second-order valence-corrected chi connectivity index (χ2v) is 11.9. The predicted molar refractivity (Wildman–Crippen MR) is 164 cm³/mol. The van der Waals surface area contributed by atoms with E-state index in [4.69, 9.17) is 9.84 Å². The molecule has 4 aromatic carbocycles. The summed E-state index contributed by atoms with van der Waals surface area (Å²) in [6.07, 6.45) is 1.63. The lowest BCUT2D eigenvalue weighted by atomic mass is 9.56. The summed E-state index contributed by atoms with van der Waals surface area (Å²) in [5, 5.41) is 31.5. The number of hydrogen-bond acceptors (Lipinski definition) is 5. The van der Waals surface area contributed by atoms with Crippen LogP contribution in [0, 0.1) is 5.41 Å². The van der Waals surface area contributed by atoms with Gasteiger partial charge >= 0.3 is 0 Å². The first-order valence-electron chi connectivity index (χ1n) is 15.1. The molecule has 0 saturated carbocycles. The summed E-state index contributed by atoms with van der Waals surface area (Å²) in [6, 6.07) is 39.2. The van der Waals surface area contributed by atoms with Crippen molar-refractivity contribution < 1.29 is 29.3 Å². The second-order valence-electron chi connectivity index (χ2n) is 11.9. The summed E-state index contributed by atoms with van der Waals surface area (Å²) in [5.41, 5.74) is 2.57. The van der Waals surface area contributed by atoms with Crippen molar-refractivity contribution in [2.45, 2.75) is 37.6 Å². The third-order valence-electron chi connectivity index (χ3n) is 9.50. The highest BCUT2D eigenvalue weighted by Gasteiger charge is 2.60. The van der Waals surface area contributed by atoms with E-state index in [1.54, 1.807) is 18.2 Å². The number of aliphatic carboxylic acids is 1. The van der Waals surface area contributed by atoms with Gasteiger partial charge in [0.1, 0.15) is 18.2 Å². The van der Waals surface area contributed by atoms with Crippen molar-refractivity contribution in [3.63, 3.8) is 0 Å². The quantitative estimate of drug-likeness (QED) is 0.212. The number of ether oxygens (including phenoxy) is 1. The third-order valence-corrected chi connectivity index (χ3v) is 9.50. The Balaban J connectivity index is 0.000000283. The molecule has 3 heterocycles. The first kappa shape index (κ1) is 30.6. The van der Waals surface area contributed by atoms with Crippen LogP contribution >= 0.6 is 0 Å². The van der Waals surface area contributed by atoms with Crippen molar-refractivity contribution in [1.29, 1.82) is 0 Å². The van der Waals surface area contributed by atoms with Gasteiger partial charge in [-0.05, 0) is 22.3 Å². The minimum Gasteiger partial charge on any atom is -0.547 e. The van der Waals surface area contributed by atoms with Crippen molar-refractivity contribution in [1.82, 2.24) is 0 Å². The number of carboxylic acids is 1. The van der Waals surface area contributed by atoms with Crippen LogP contribution in [-0.2, 0) is 21.7 Å². The molecule has 1 atom stereocenters. The smallest absolute Gasteiger partial charge is 0.121 e. The van der Waals surface area contributed by atoms with Crippen molar-refractivity contribution in [3.8, 4) is 0 Å². The minimum absolute atomic E-state index is 0.111. The van der Waals surface area contributed by atoms with Gasteiger partial charge in [0, 0.05) is 24.7 Å². The molecule has 3 aliphatic rings. The van der Waals surface area contributed by atoms with Gasteiger partial charge in [-0.15, -0.1) is 0 Å². The molecule has 2 N–H and O–H groups in total. The van der Waals surface area contributed by atoms with Gasteiger partial charge in [0.15, 0.2) is 0 Å². The first-order valence-corrected chi connectivity index (χ1v) is 15.1. The Bertz CT molecular complexity index is 1370. The number of benzene rings is 4. The fourth-order valence-corrected chi connectivity index (χ4v) is 6.87. The van der Waals surface area contributed by atoms with E-state index in [0.717, 1.165) is 67.7 Å². The summed E-state index contributed by atoms with van der Waals surface area (Å²) in [4.78, 5) is 10.1. The molecular weight excluding hydrogens is 538 g/mol. The molecule has 2 bridgehead atoms. The molecular formula is C37H41NO5. The normalized spacial score (nSPS) is 21.8. The number of rotatable bonds is 10. The molecule has 3 saturated heterocycles. The van der Waals surface area contributed by atoms with Gasteiger partial charge in [-0.25, -0.2) is 0 Å². The van der Waals surface area contributed by atoms with Crippen molar-refractivity contribution in [2.75, 3.05) is 32.8 Å². The molecule has 224 valence electrons. The highest BCUT2D eigenvalue weighted by Crippen LogP contribution is 2.57. The van der Waals surface area contributed by atoms with Crippen LogP contribution in [0.4, 0.5) is 0 Å². The standard InChI is InChI=1S/C29H34NO2.C8H8O3/c31-29(26-12-6-2-7-13-26,27-14-8-3-9-15-27)28-16-19-30(20-17-28,21-18-28)22-23-32-24-25-10-4-1-5-11-25;9-7(8(10)11)6-4-2-1-3-5-6/h1-15,31H,16-24H2;1-5,7,9H,(H,10,11)/q+1;/p-1. The van der Waals surface area contributed by atoms with Gasteiger partial charge in [-0.2, -0.15) is 0 Å². The zero-order valence-corrected chi connectivity index (χ0v) is 24.6. The molecule has 6 nitrogen and oxygen atoms in total. The summed E-state index contributed by atoms with van der Waals surface area (Å²) in [6.45, 7) is 5.91. The summed E-state index contributed by atoms with van der Waals surface area (Å²) in [5.74, 6) is -1.48. The van der Waals surface area contributed by atoms with Crippen molar-refractivity contribution in [2.24, 2.45) is 5.41 Å². The monoisotopic (exact) mass is 579 g/mol.